The van der Waals surface area contributed by atoms with Crippen molar-refractivity contribution < 1.29 is 0 Å². The highest BCUT2D eigenvalue weighted by molar-refractivity contribution is 5.71. The van der Waals surface area contributed by atoms with Crippen molar-refractivity contribution in [3.8, 4) is 0 Å². The van der Waals surface area contributed by atoms with E-state index in [4.69, 9.17) is 16.9 Å². The summed E-state index contributed by atoms with van der Waals surface area (Å²) in [6.07, 6.45) is 4.25. The second-order valence-electron chi connectivity index (χ2n) is 3.44. The smallest absolute Gasteiger partial charge is 0.398 e. The van der Waals surface area contributed by atoms with Gasteiger partial charge in [0.2, 0.25) is 5.39 Å². The minimum absolute atomic E-state index is 0.486. The predicted molar refractivity (Wildman–Crippen MR) is 55.5 cm³/mol. The van der Waals surface area contributed by atoms with Gasteiger partial charge in [-0.1, -0.05) is 18.2 Å². The van der Waals surface area contributed by atoms with Crippen LogP contribution in [0, 0.1) is 5.39 Å². The monoisotopic (exact) mass is 187 g/mol. The van der Waals surface area contributed by atoms with Crippen LogP contribution in [0.5, 0.6) is 0 Å². The van der Waals surface area contributed by atoms with Gasteiger partial charge in [0.1, 0.15) is 4.98 Å². The van der Waals surface area contributed by atoms with E-state index in [1.54, 1.807) is 12.1 Å². The summed E-state index contributed by atoms with van der Waals surface area (Å²) in [5, 5.41) is 8.91. The number of diazo groups is 1. The van der Waals surface area contributed by atoms with Gasteiger partial charge in [-0.2, -0.15) is 0 Å². The van der Waals surface area contributed by atoms with Crippen molar-refractivity contribution in [1.82, 2.24) is 0 Å². The number of benzene rings is 1. The van der Waals surface area contributed by atoms with E-state index in [-0.39, 0.29) is 0 Å². The Bertz CT molecular complexity index is 444. The fraction of sp³-hybridized carbons (Fsp3) is 0.200. The number of hydrogen-bond acceptors (Lipinski definition) is 3. The van der Waals surface area contributed by atoms with E-state index in [0.29, 0.717) is 12.1 Å². The molecule has 0 bridgehead atoms. The molecule has 0 radical (unpaired) electrons. The molecule has 0 saturated carbocycles. The minimum atomic E-state index is -1.04. The van der Waals surface area contributed by atoms with Gasteiger partial charge in [0, 0.05) is 11.3 Å². The largest absolute Gasteiger partial charge is 0.404 e. The molecule has 4 heteroatoms. The van der Waals surface area contributed by atoms with Gasteiger partial charge < -0.3 is 5.73 Å². The number of nitrogen functional groups attached to an aromatic ring is 1. The number of nitrogens with zero attached hydrogens (tertiary/aromatic N) is 2. The molecule has 2 rings (SSSR count). The molecule has 70 valence electrons. The summed E-state index contributed by atoms with van der Waals surface area (Å²) in [4.78, 5) is 3.23. The van der Waals surface area contributed by atoms with E-state index in [1.807, 2.05) is 18.2 Å². The second kappa shape index (κ2) is 2.82. The average molecular weight is 187 g/mol. The van der Waals surface area contributed by atoms with Gasteiger partial charge in [0.15, 0.2) is 0 Å². The van der Waals surface area contributed by atoms with Crippen LogP contribution in [-0.2, 0) is 5.66 Å². The summed E-state index contributed by atoms with van der Waals surface area (Å²) in [6.45, 7) is 0. The van der Waals surface area contributed by atoms with Crippen LogP contribution in [-0.4, -0.2) is 0 Å². The van der Waals surface area contributed by atoms with E-state index >= 15 is 0 Å². The third-order valence-corrected chi connectivity index (χ3v) is 2.50. The lowest BCUT2D eigenvalue weighted by Crippen LogP contribution is -2.34. The van der Waals surface area contributed by atoms with E-state index in [1.165, 1.54) is 0 Å². The molecule has 0 spiro atoms. The minimum Gasteiger partial charge on any atom is -0.398 e. The predicted octanol–water partition coefficient (Wildman–Crippen LogP) is 1.65. The van der Waals surface area contributed by atoms with Crippen LogP contribution in [0.1, 0.15) is 17.5 Å². The first-order valence-corrected chi connectivity index (χ1v) is 4.38. The van der Waals surface area contributed by atoms with Crippen LogP contribution >= 0.6 is 0 Å². The normalized spacial score (nSPS) is 24.0. The lowest BCUT2D eigenvalue weighted by Gasteiger charge is -2.17. The molecule has 0 aromatic heterocycles. The van der Waals surface area contributed by atoms with Gasteiger partial charge in [0.05, 0.1) is 12.0 Å². The van der Waals surface area contributed by atoms with Crippen molar-refractivity contribution in [3.63, 3.8) is 0 Å². The number of fused-ring (bicyclic) bond motifs is 1. The van der Waals surface area contributed by atoms with Crippen molar-refractivity contribution in [2.75, 3.05) is 5.73 Å². The molecule has 4 N–H and O–H groups in total. The molecule has 1 aromatic carbocycles. The number of anilines is 1. The van der Waals surface area contributed by atoms with Crippen molar-refractivity contribution in [2.24, 2.45) is 5.73 Å². The van der Waals surface area contributed by atoms with Gasteiger partial charge in [0.25, 0.3) is 0 Å². The van der Waals surface area contributed by atoms with Gasteiger partial charge in [-0.3, -0.25) is 0 Å². The number of nitrogens with two attached hydrogens (primary N) is 2. The van der Waals surface area contributed by atoms with Crippen LogP contribution in [0.2, 0.25) is 0 Å². The molecule has 0 aliphatic heterocycles. The molecule has 0 fully saturated rings. The van der Waals surface area contributed by atoms with Crippen molar-refractivity contribution in [3.05, 3.63) is 40.4 Å². The molecule has 0 heterocycles. The summed E-state index contributed by atoms with van der Waals surface area (Å²) in [5.41, 5.74) is 12.9. The zero-order valence-corrected chi connectivity index (χ0v) is 7.64. The van der Waals surface area contributed by atoms with Crippen molar-refractivity contribution >= 4 is 11.8 Å². The molecular formula is C10H11N4+. The Labute approximate surface area is 81.8 Å². The Morgan fingerprint density at radius 3 is 2.93 bits per heavy atom. The number of hydrogen-bond donors (Lipinski definition) is 2. The zero-order valence-electron chi connectivity index (χ0n) is 7.64. The fourth-order valence-electron chi connectivity index (χ4n) is 1.71. The molecule has 1 aromatic rings. The lowest BCUT2D eigenvalue weighted by molar-refractivity contribution is 0.549. The highest BCUT2D eigenvalue weighted by Crippen LogP contribution is 2.35. The topological polar surface area (TPSA) is 80.2 Å². The van der Waals surface area contributed by atoms with Crippen LogP contribution in [0.3, 0.4) is 0 Å². The molecule has 14 heavy (non-hydrogen) atoms. The number of rotatable bonds is 0. The summed E-state index contributed by atoms with van der Waals surface area (Å²) >= 11 is 0. The summed E-state index contributed by atoms with van der Waals surface area (Å²) in [7, 11) is 0. The third kappa shape index (κ3) is 1.07. The molecule has 0 amide bonds. The molecule has 4 nitrogen and oxygen atoms in total. The average Bonchev–Trinajstić information content (AvgIpc) is 2.20. The maximum Gasteiger partial charge on any atom is 0.404 e. The molecular weight excluding hydrogens is 176 g/mol. The maximum atomic E-state index is 8.91. The van der Waals surface area contributed by atoms with Gasteiger partial charge in [-0.25, -0.2) is 5.73 Å². The zero-order chi connectivity index (χ0) is 10.2. The highest BCUT2D eigenvalue weighted by atomic mass is 15.1. The fourth-order valence-corrected chi connectivity index (χ4v) is 1.71. The Hall–Kier alpha value is -1.86. The Morgan fingerprint density at radius 1 is 1.43 bits per heavy atom. The van der Waals surface area contributed by atoms with Crippen LogP contribution in [0.25, 0.3) is 11.1 Å². The van der Waals surface area contributed by atoms with E-state index < -0.39 is 5.66 Å². The van der Waals surface area contributed by atoms with E-state index in [0.717, 1.165) is 11.1 Å². The molecule has 0 saturated heterocycles. The summed E-state index contributed by atoms with van der Waals surface area (Å²) < 4.78 is 0. The molecule has 1 unspecified atom stereocenters. The first-order chi connectivity index (χ1) is 6.67. The molecule has 1 aliphatic rings. The van der Waals surface area contributed by atoms with Gasteiger partial charge >= 0.3 is 5.66 Å². The SMILES string of the molecule is N#[N+]C1(N)CC=Cc2c(N)cccc21. The summed E-state index contributed by atoms with van der Waals surface area (Å²) in [6, 6.07) is 5.43. The van der Waals surface area contributed by atoms with Gasteiger partial charge in [-0.15, -0.1) is 0 Å². The maximum absolute atomic E-state index is 8.91. The Balaban J connectivity index is 2.70. The van der Waals surface area contributed by atoms with E-state index in [9.17, 15) is 0 Å². The Kier molecular flexibility index (Phi) is 1.76. The quantitative estimate of drug-likeness (QED) is 0.478. The van der Waals surface area contributed by atoms with Gasteiger partial charge in [-0.05, 0) is 12.1 Å². The second-order valence-corrected chi connectivity index (χ2v) is 3.44. The van der Waals surface area contributed by atoms with Crippen LogP contribution < -0.4 is 11.5 Å². The third-order valence-electron chi connectivity index (χ3n) is 2.50. The first kappa shape index (κ1) is 8.73. The summed E-state index contributed by atoms with van der Waals surface area (Å²) in [5.74, 6) is 0. The van der Waals surface area contributed by atoms with E-state index in [2.05, 4.69) is 4.98 Å². The van der Waals surface area contributed by atoms with Crippen LogP contribution in [0.15, 0.2) is 24.3 Å². The Morgan fingerprint density at radius 2 is 2.21 bits per heavy atom. The lowest BCUT2D eigenvalue weighted by atomic mass is 9.87. The standard InChI is InChI=1S/C10H11N4/c11-9-5-1-4-8-7(9)3-2-6-10(8,12)14-13/h1-5H,6,11-12H2/q+1. The first-order valence-electron chi connectivity index (χ1n) is 4.38. The van der Waals surface area contributed by atoms with Crippen LogP contribution in [0.4, 0.5) is 5.69 Å². The highest BCUT2D eigenvalue weighted by Gasteiger charge is 2.44. The van der Waals surface area contributed by atoms with Crippen molar-refractivity contribution in [2.45, 2.75) is 12.1 Å². The molecule has 1 atom stereocenters. The van der Waals surface area contributed by atoms with Crippen molar-refractivity contribution in [1.29, 1.82) is 5.39 Å². The molecule has 1 aliphatic carbocycles.